The van der Waals surface area contributed by atoms with Gasteiger partial charge in [0.1, 0.15) is 12.3 Å². The van der Waals surface area contributed by atoms with Gasteiger partial charge in [-0.25, -0.2) is 0 Å². The van der Waals surface area contributed by atoms with Crippen LogP contribution < -0.4 is 9.64 Å². The maximum atomic E-state index is 12.8. The Morgan fingerprint density at radius 2 is 2.00 bits per heavy atom. The molecule has 0 saturated heterocycles. The van der Waals surface area contributed by atoms with Crippen molar-refractivity contribution in [2.75, 3.05) is 25.1 Å². The van der Waals surface area contributed by atoms with Gasteiger partial charge in [0.05, 0.1) is 11.7 Å². The Hall–Kier alpha value is -2.24. The zero-order valence-corrected chi connectivity index (χ0v) is 15.9. The number of carbonyl (C=O) groups is 2. The fourth-order valence-electron chi connectivity index (χ4n) is 2.84. The Labute approximate surface area is 162 Å². The van der Waals surface area contributed by atoms with Crippen molar-refractivity contribution >= 4 is 40.7 Å². The van der Waals surface area contributed by atoms with E-state index in [0.717, 1.165) is 5.56 Å². The number of fused-ring (bicyclic) bond motifs is 1. The second-order valence-electron chi connectivity index (χ2n) is 6.08. The number of likely N-dealkylation sites (N-methyl/N-ethyl adjacent to an activating group) is 1. The number of nitrogens with zero attached hydrogens (tertiary/aromatic N) is 2. The molecule has 5 nitrogen and oxygen atoms in total. The van der Waals surface area contributed by atoms with Crippen LogP contribution in [0.2, 0.25) is 10.0 Å². The highest BCUT2D eigenvalue weighted by molar-refractivity contribution is 6.35. The van der Waals surface area contributed by atoms with E-state index in [4.69, 9.17) is 27.9 Å². The first-order valence-electron chi connectivity index (χ1n) is 8.11. The van der Waals surface area contributed by atoms with E-state index in [1.807, 2.05) is 13.0 Å². The van der Waals surface area contributed by atoms with Crippen LogP contribution in [-0.2, 0) is 9.59 Å². The van der Waals surface area contributed by atoms with Gasteiger partial charge in [-0.15, -0.1) is 0 Å². The van der Waals surface area contributed by atoms with E-state index < -0.39 is 0 Å². The summed E-state index contributed by atoms with van der Waals surface area (Å²) < 4.78 is 5.41. The quantitative estimate of drug-likeness (QED) is 0.791. The number of hydrogen-bond acceptors (Lipinski definition) is 3. The molecule has 2 aromatic carbocycles. The van der Waals surface area contributed by atoms with Gasteiger partial charge in [-0.3, -0.25) is 14.5 Å². The van der Waals surface area contributed by atoms with Crippen LogP contribution in [0.15, 0.2) is 42.5 Å². The van der Waals surface area contributed by atoms with Gasteiger partial charge < -0.3 is 9.64 Å². The monoisotopic (exact) mass is 392 g/mol. The smallest absolute Gasteiger partial charge is 0.265 e. The van der Waals surface area contributed by atoms with Crippen molar-refractivity contribution in [2.24, 2.45) is 0 Å². The average molecular weight is 393 g/mol. The number of amides is 2. The number of anilines is 1. The first-order valence-corrected chi connectivity index (χ1v) is 8.87. The van der Waals surface area contributed by atoms with E-state index in [-0.39, 0.29) is 31.0 Å². The van der Waals surface area contributed by atoms with Crippen molar-refractivity contribution in [2.45, 2.75) is 13.0 Å². The minimum atomic E-state index is -0.265. The Kier molecular flexibility index (Phi) is 5.39. The average Bonchev–Trinajstić information content (AvgIpc) is 2.63. The maximum Gasteiger partial charge on any atom is 0.265 e. The van der Waals surface area contributed by atoms with Gasteiger partial charge >= 0.3 is 0 Å². The van der Waals surface area contributed by atoms with Crippen LogP contribution in [0.5, 0.6) is 5.75 Å². The lowest BCUT2D eigenvalue weighted by Gasteiger charge is -2.32. The highest BCUT2D eigenvalue weighted by Crippen LogP contribution is 2.32. The standard InChI is InChI=1S/C19H18Cl2N2O3/c1-12(14-8-7-13(20)9-15(14)21)22(2)18(24)10-23-16-5-3-4-6-17(16)26-11-19(23)25/h3-9,12H,10-11H2,1-2H3/t12-/m1/s1. The van der Waals surface area contributed by atoms with Crippen molar-refractivity contribution in [3.05, 3.63) is 58.1 Å². The summed E-state index contributed by atoms with van der Waals surface area (Å²) in [6.45, 7) is 1.74. The zero-order chi connectivity index (χ0) is 18.8. The molecule has 136 valence electrons. The lowest BCUT2D eigenvalue weighted by Crippen LogP contribution is -2.46. The number of halogens is 2. The molecular weight excluding hydrogens is 375 g/mol. The molecule has 7 heteroatoms. The summed E-state index contributed by atoms with van der Waals surface area (Å²) in [4.78, 5) is 28.0. The summed E-state index contributed by atoms with van der Waals surface area (Å²) in [5.74, 6) is 0.146. The van der Waals surface area contributed by atoms with E-state index in [1.165, 1.54) is 4.90 Å². The van der Waals surface area contributed by atoms with Crippen LogP contribution >= 0.6 is 23.2 Å². The largest absolute Gasteiger partial charge is 0.482 e. The van der Waals surface area contributed by atoms with Crippen molar-refractivity contribution in [3.63, 3.8) is 0 Å². The van der Waals surface area contributed by atoms with Crippen LogP contribution in [0, 0.1) is 0 Å². The van der Waals surface area contributed by atoms with Crippen LogP contribution in [0.25, 0.3) is 0 Å². The molecule has 1 atom stereocenters. The molecule has 1 aliphatic heterocycles. The minimum absolute atomic E-state index is 0.0642. The third kappa shape index (κ3) is 3.64. The molecule has 0 saturated carbocycles. The zero-order valence-electron chi connectivity index (χ0n) is 14.4. The van der Waals surface area contributed by atoms with E-state index in [1.54, 1.807) is 48.3 Å². The molecule has 0 unspecified atom stereocenters. The maximum absolute atomic E-state index is 12.8. The molecule has 0 radical (unpaired) electrons. The molecule has 0 bridgehead atoms. The fourth-order valence-corrected chi connectivity index (χ4v) is 3.41. The van der Waals surface area contributed by atoms with Crippen molar-refractivity contribution in [1.82, 2.24) is 4.90 Å². The molecule has 2 aromatic rings. The number of carbonyl (C=O) groups excluding carboxylic acids is 2. The number of ether oxygens (including phenoxy) is 1. The Balaban J connectivity index is 1.78. The van der Waals surface area contributed by atoms with E-state index in [2.05, 4.69) is 0 Å². The van der Waals surface area contributed by atoms with Crippen LogP contribution in [-0.4, -0.2) is 36.9 Å². The third-order valence-corrected chi connectivity index (χ3v) is 5.05. The number of para-hydroxylation sites is 2. The first kappa shape index (κ1) is 18.5. The minimum Gasteiger partial charge on any atom is -0.482 e. The molecule has 3 rings (SSSR count). The van der Waals surface area contributed by atoms with Gasteiger partial charge in [-0.1, -0.05) is 41.4 Å². The molecule has 0 aliphatic carbocycles. The molecule has 1 aliphatic rings. The molecule has 0 fully saturated rings. The molecular formula is C19H18Cl2N2O3. The van der Waals surface area contributed by atoms with E-state index in [9.17, 15) is 9.59 Å². The molecule has 0 aromatic heterocycles. The topological polar surface area (TPSA) is 49.9 Å². The highest BCUT2D eigenvalue weighted by Gasteiger charge is 2.29. The normalized spacial score (nSPS) is 14.5. The van der Waals surface area contributed by atoms with E-state index >= 15 is 0 Å². The van der Waals surface area contributed by atoms with Crippen LogP contribution in [0.4, 0.5) is 5.69 Å². The van der Waals surface area contributed by atoms with Crippen LogP contribution in [0.3, 0.4) is 0 Å². The van der Waals surface area contributed by atoms with E-state index in [0.29, 0.717) is 21.5 Å². The number of benzene rings is 2. The Morgan fingerprint density at radius 3 is 2.73 bits per heavy atom. The number of rotatable bonds is 4. The predicted molar refractivity (Wildman–Crippen MR) is 102 cm³/mol. The van der Waals surface area contributed by atoms with Crippen molar-refractivity contribution < 1.29 is 14.3 Å². The SMILES string of the molecule is C[C@H](c1ccc(Cl)cc1Cl)N(C)C(=O)CN1C(=O)COc2ccccc21. The molecule has 26 heavy (non-hydrogen) atoms. The molecule has 0 spiro atoms. The van der Waals surface area contributed by atoms with Gasteiger partial charge in [0.25, 0.3) is 5.91 Å². The molecule has 1 heterocycles. The second-order valence-corrected chi connectivity index (χ2v) is 6.93. The highest BCUT2D eigenvalue weighted by atomic mass is 35.5. The predicted octanol–water partition coefficient (Wildman–Crippen LogP) is 3.94. The third-order valence-electron chi connectivity index (χ3n) is 4.49. The van der Waals surface area contributed by atoms with Gasteiger partial charge in [0.2, 0.25) is 5.91 Å². The fraction of sp³-hybridized carbons (Fsp3) is 0.263. The summed E-state index contributed by atoms with van der Waals surface area (Å²) in [7, 11) is 1.69. The summed E-state index contributed by atoms with van der Waals surface area (Å²) in [6.07, 6.45) is 0. The Morgan fingerprint density at radius 1 is 1.27 bits per heavy atom. The van der Waals surface area contributed by atoms with Gasteiger partial charge in [0.15, 0.2) is 6.61 Å². The molecule has 2 amide bonds. The van der Waals surface area contributed by atoms with Gasteiger partial charge in [-0.05, 0) is 36.8 Å². The van der Waals surface area contributed by atoms with Gasteiger partial charge in [-0.2, -0.15) is 0 Å². The van der Waals surface area contributed by atoms with Crippen LogP contribution in [0.1, 0.15) is 18.5 Å². The van der Waals surface area contributed by atoms with Crippen molar-refractivity contribution in [3.8, 4) is 5.75 Å². The van der Waals surface area contributed by atoms with Crippen molar-refractivity contribution in [1.29, 1.82) is 0 Å². The van der Waals surface area contributed by atoms with Gasteiger partial charge in [0, 0.05) is 17.1 Å². The lowest BCUT2D eigenvalue weighted by atomic mass is 10.1. The number of hydrogen-bond donors (Lipinski definition) is 0. The Bertz CT molecular complexity index is 856. The molecule has 0 N–H and O–H groups in total. The summed E-state index contributed by atoms with van der Waals surface area (Å²) in [5.41, 5.74) is 1.39. The first-order chi connectivity index (χ1) is 12.4. The summed E-state index contributed by atoms with van der Waals surface area (Å²) in [6, 6.07) is 12.1. The second kappa shape index (κ2) is 7.56. The summed E-state index contributed by atoms with van der Waals surface area (Å²) in [5, 5.41) is 1.04. The summed E-state index contributed by atoms with van der Waals surface area (Å²) >= 11 is 12.2. The lowest BCUT2D eigenvalue weighted by molar-refractivity contribution is -0.132.